The molecule has 1 unspecified atom stereocenters. The third-order valence-corrected chi connectivity index (χ3v) is 1.61. The minimum atomic E-state index is 0.130. The predicted molar refractivity (Wildman–Crippen MR) is 45.8 cm³/mol. The molecule has 0 aromatic carbocycles. The lowest BCUT2D eigenvalue weighted by Crippen LogP contribution is -2.03. The van der Waals surface area contributed by atoms with Gasteiger partial charge < -0.3 is 0 Å². The molecular weight excluding hydrogens is 160 g/mol. The largest absolute Gasteiger partial charge is 0.258 e. The molecule has 0 bridgehead atoms. The van der Waals surface area contributed by atoms with E-state index in [2.05, 4.69) is 9.97 Å². The van der Waals surface area contributed by atoms with Gasteiger partial charge >= 0.3 is 0 Å². The minimum absolute atomic E-state index is 0.130. The van der Waals surface area contributed by atoms with Crippen LogP contribution >= 0.6 is 11.6 Å². The van der Waals surface area contributed by atoms with E-state index < -0.39 is 0 Å². The molecule has 0 spiro atoms. The highest BCUT2D eigenvalue weighted by atomic mass is 35.5. The van der Waals surface area contributed by atoms with E-state index in [1.165, 1.54) is 0 Å². The van der Waals surface area contributed by atoms with Gasteiger partial charge in [-0.3, -0.25) is 9.97 Å². The Morgan fingerprint density at radius 3 is 2.64 bits per heavy atom. The van der Waals surface area contributed by atoms with E-state index in [4.69, 9.17) is 11.6 Å². The smallest absolute Gasteiger partial charge is 0.0630 e. The van der Waals surface area contributed by atoms with Crippen molar-refractivity contribution in [2.75, 3.05) is 0 Å². The van der Waals surface area contributed by atoms with Crippen molar-refractivity contribution in [1.29, 1.82) is 0 Å². The number of halogens is 1. The highest BCUT2D eigenvalue weighted by Crippen LogP contribution is 2.06. The summed E-state index contributed by atoms with van der Waals surface area (Å²) in [7, 11) is 0. The lowest BCUT2D eigenvalue weighted by molar-refractivity contribution is 0.860. The number of rotatable bonds is 2. The molecule has 1 aromatic rings. The maximum atomic E-state index is 5.82. The fourth-order valence-electron chi connectivity index (χ4n) is 0.903. The Morgan fingerprint density at radius 2 is 2.09 bits per heavy atom. The third-order valence-electron chi connectivity index (χ3n) is 1.46. The number of hydrogen-bond donors (Lipinski definition) is 0. The maximum Gasteiger partial charge on any atom is 0.0630 e. The predicted octanol–water partition coefficient (Wildman–Crippen LogP) is 1.95. The van der Waals surface area contributed by atoms with Gasteiger partial charge in [-0.1, -0.05) is 0 Å². The lowest BCUT2D eigenvalue weighted by Gasteiger charge is -2.03. The Hall–Kier alpha value is -0.630. The quantitative estimate of drug-likeness (QED) is 0.635. The number of alkyl halides is 1. The number of nitrogens with zero attached hydrogens (tertiary/aromatic N) is 2. The highest BCUT2D eigenvalue weighted by Gasteiger charge is 2.03. The molecule has 0 saturated carbocycles. The Balaban J connectivity index is 2.78. The molecule has 0 aliphatic rings. The van der Waals surface area contributed by atoms with Crippen LogP contribution in [-0.2, 0) is 6.42 Å². The van der Waals surface area contributed by atoms with Gasteiger partial charge in [0, 0.05) is 24.2 Å². The maximum absolute atomic E-state index is 5.82. The first-order valence-electron chi connectivity index (χ1n) is 3.60. The van der Waals surface area contributed by atoms with Crippen LogP contribution in [0.1, 0.15) is 18.3 Å². The average molecular weight is 171 g/mol. The molecule has 1 rings (SSSR count). The number of aromatic nitrogens is 2. The van der Waals surface area contributed by atoms with Gasteiger partial charge in [-0.2, -0.15) is 0 Å². The van der Waals surface area contributed by atoms with Crippen molar-refractivity contribution in [1.82, 2.24) is 9.97 Å². The Bertz CT molecular complexity index is 235. The Morgan fingerprint density at radius 1 is 1.45 bits per heavy atom. The standard InChI is InChI=1S/C8H11ClN2/c1-6(9)5-8-7(2)10-3-4-11-8/h3-4,6H,5H2,1-2H3. The molecule has 0 radical (unpaired) electrons. The number of aryl methyl sites for hydroxylation is 1. The molecule has 0 N–H and O–H groups in total. The van der Waals surface area contributed by atoms with Crippen LogP contribution in [0, 0.1) is 6.92 Å². The van der Waals surface area contributed by atoms with Gasteiger partial charge in [-0.05, 0) is 13.8 Å². The topological polar surface area (TPSA) is 25.8 Å². The molecule has 60 valence electrons. The van der Waals surface area contributed by atoms with E-state index in [1.807, 2.05) is 13.8 Å². The summed E-state index contributed by atoms with van der Waals surface area (Å²) in [5.74, 6) is 0. The van der Waals surface area contributed by atoms with Gasteiger partial charge in [0.25, 0.3) is 0 Å². The summed E-state index contributed by atoms with van der Waals surface area (Å²) in [6.07, 6.45) is 4.18. The molecule has 0 aliphatic heterocycles. The summed E-state index contributed by atoms with van der Waals surface area (Å²) in [6, 6.07) is 0. The zero-order chi connectivity index (χ0) is 8.27. The molecule has 1 atom stereocenters. The van der Waals surface area contributed by atoms with Crippen molar-refractivity contribution in [2.24, 2.45) is 0 Å². The van der Waals surface area contributed by atoms with E-state index >= 15 is 0 Å². The van der Waals surface area contributed by atoms with E-state index in [0.29, 0.717) is 0 Å². The van der Waals surface area contributed by atoms with E-state index in [0.717, 1.165) is 17.8 Å². The van der Waals surface area contributed by atoms with Crippen LogP contribution in [0.2, 0.25) is 0 Å². The van der Waals surface area contributed by atoms with Crippen LogP contribution in [-0.4, -0.2) is 15.3 Å². The highest BCUT2D eigenvalue weighted by molar-refractivity contribution is 6.20. The Kier molecular flexibility index (Phi) is 2.83. The van der Waals surface area contributed by atoms with E-state index in [-0.39, 0.29) is 5.38 Å². The zero-order valence-electron chi connectivity index (χ0n) is 6.71. The van der Waals surface area contributed by atoms with Gasteiger partial charge in [-0.25, -0.2) is 0 Å². The van der Waals surface area contributed by atoms with Crippen molar-refractivity contribution in [3.05, 3.63) is 23.8 Å². The van der Waals surface area contributed by atoms with Crippen molar-refractivity contribution >= 4 is 11.6 Å². The van der Waals surface area contributed by atoms with Crippen LogP contribution in [0.15, 0.2) is 12.4 Å². The third kappa shape index (κ3) is 2.46. The minimum Gasteiger partial charge on any atom is -0.258 e. The molecule has 3 heteroatoms. The monoisotopic (exact) mass is 170 g/mol. The normalized spacial score (nSPS) is 13.0. The average Bonchev–Trinajstić information content (AvgIpc) is 1.93. The fourth-order valence-corrected chi connectivity index (χ4v) is 1.05. The summed E-state index contributed by atoms with van der Waals surface area (Å²) in [6.45, 7) is 3.90. The summed E-state index contributed by atoms with van der Waals surface area (Å²) in [5, 5.41) is 0.130. The zero-order valence-corrected chi connectivity index (χ0v) is 7.47. The molecule has 0 fully saturated rings. The summed E-state index contributed by atoms with van der Waals surface area (Å²) >= 11 is 5.82. The van der Waals surface area contributed by atoms with Crippen molar-refractivity contribution in [3.63, 3.8) is 0 Å². The van der Waals surface area contributed by atoms with Crippen LogP contribution in [0.4, 0.5) is 0 Å². The summed E-state index contributed by atoms with van der Waals surface area (Å²) in [4.78, 5) is 8.28. The van der Waals surface area contributed by atoms with E-state index in [1.54, 1.807) is 12.4 Å². The molecule has 1 heterocycles. The van der Waals surface area contributed by atoms with Crippen molar-refractivity contribution in [3.8, 4) is 0 Å². The molecule has 11 heavy (non-hydrogen) atoms. The summed E-state index contributed by atoms with van der Waals surface area (Å²) in [5.41, 5.74) is 1.97. The second-order valence-electron chi connectivity index (χ2n) is 2.57. The molecule has 2 nitrogen and oxygen atoms in total. The van der Waals surface area contributed by atoms with E-state index in [9.17, 15) is 0 Å². The fraction of sp³-hybridized carbons (Fsp3) is 0.500. The second kappa shape index (κ2) is 3.67. The van der Waals surface area contributed by atoms with Crippen LogP contribution in [0.3, 0.4) is 0 Å². The first-order chi connectivity index (χ1) is 5.20. The van der Waals surface area contributed by atoms with Gasteiger partial charge in [0.05, 0.1) is 11.4 Å². The van der Waals surface area contributed by atoms with Gasteiger partial charge in [0.2, 0.25) is 0 Å². The van der Waals surface area contributed by atoms with Crippen LogP contribution in [0.5, 0.6) is 0 Å². The SMILES string of the molecule is Cc1nccnc1CC(C)Cl. The lowest BCUT2D eigenvalue weighted by atomic mass is 10.2. The summed E-state index contributed by atoms with van der Waals surface area (Å²) < 4.78 is 0. The first-order valence-corrected chi connectivity index (χ1v) is 4.04. The molecular formula is C8H11ClN2. The molecule has 0 saturated heterocycles. The van der Waals surface area contributed by atoms with Crippen LogP contribution < -0.4 is 0 Å². The molecule has 0 amide bonds. The first kappa shape index (κ1) is 8.47. The van der Waals surface area contributed by atoms with Gasteiger partial charge in [0.15, 0.2) is 0 Å². The van der Waals surface area contributed by atoms with Crippen molar-refractivity contribution < 1.29 is 0 Å². The Labute approximate surface area is 71.6 Å². The van der Waals surface area contributed by atoms with Gasteiger partial charge in [-0.15, -0.1) is 11.6 Å². The molecule has 1 aromatic heterocycles. The van der Waals surface area contributed by atoms with Crippen LogP contribution in [0.25, 0.3) is 0 Å². The number of hydrogen-bond acceptors (Lipinski definition) is 2. The van der Waals surface area contributed by atoms with Gasteiger partial charge in [0.1, 0.15) is 0 Å². The van der Waals surface area contributed by atoms with Crippen molar-refractivity contribution in [2.45, 2.75) is 25.6 Å². The molecule has 0 aliphatic carbocycles. The second-order valence-corrected chi connectivity index (χ2v) is 3.32.